The van der Waals surface area contributed by atoms with Crippen molar-refractivity contribution in [2.45, 2.75) is 43.8 Å². The standard InChI is InChI=1S/C34H35ClFN3O5S/c1-24(2)37-34(41)31(20-25-12-6-4-7-13-25)38(22-26-14-10-11-17-29(26)36)33(40)23-39(30-21-27(35)18-19-32(30)44-3)45(42,43)28-15-8-5-9-16-28/h4-19,21,24,31H,20,22-23H2,1-3H3,(H,37,41)/t31-/m1/s1. The van der Waals surface area contributed by atoms with E-state index in [-0.39, 0.29) is 45.9 Å². The van der Waals surface area contributed by atoms with Gasteiger partial charge in [0, 0.05) is 29.6 Å². The fourth-order valence-corrected chi connectivity index (χ4v) is 6.44. The first-order chi connectivity index (χ1) is 21.5. The van der Waals surface area contributed by atoms with E-state index in [2.05, 4.69) is 5.32 Å². The number of carbonyl (C=O) groups excluding carboxylic acids is 2. The normalized spacial score (nSPS) is 12.0. The Labute approximate surface area is 268 Å². The van der Waals surface area contributed by atoms with E-state index in [0.717, 1.165) is 9.87 Å². The molecule has 0 unspecified atom stereocenters. The van der Waals surface area contributed by atoms with Gasteiger partial charge >= 0.3 is 0 Å². The lowest BCUT2D eigenvalue weighted by atomic mass is 10.0. The molecule has 0 bridgehead atoms. The summed E-state index contributed by atoms with van der Waals surface area (Å²) in [6.45, 7) is 2.56. The van der Waals surface area contributed by atoms with Crippen LogP contribution >= 0.6 is 11.6 Å². The molecule has 0 aliphatic carbocycles. The number of amides is 2. The molecule has 4 aromatic rings. The zero-order valence-corrected chi connectivity index (χ0v) is 26.8. The minimum absolute atomic E-state index is 0.0271. The van der Waals surface area contributed by atoms with Crippen molar-refractivity contribution in [1.82, 2.24) is 10.2 Å². The van der Waals surface area contributed by atoms with Crippen molar-refractivity contribution in [1.29, 1.82) is 0 Å². The van der Waals surface area contributed by atoms with E-state index in [1.807, 2.05) is 30.3 Å². The van der Waals surface area contributed by atoms with E-state index in [1.165, 1.54) is 60.5 Å². The van der Waals surface area contributed by atoms with E-state index in [0.29, 0.717) is 0 Å². The summed E-state index contributed by atoms with van der Waals surface area (Å²) in [5.41, 5.74) is 0.955. The Kier molecular flexibility index (Phi) is 11.2. The summed E-state index contributed by atoms with van der Waals surface area (Å²) in [4.78, 5) is 29.4. The Morgan fingerprint density at radius 3 is 2.16 bits per heavy atom. The summed E-state index contributed by atoms with van der Waals surface area (Å²) in [5, 5.41) is 3.09. The highest BCUT2D eigenvalue weighted by molar-refractivity contribution is 7.92. The van der Waals surface area contributed by atoms with Gasteiger partial charge in [-0.1, -0.05) is 78.3 Å². The van der Waals surface area contributed by atoms with Crippen molar-refractivity contribution in [2.75, 3.05) is 18.0 Å². The predicted molar refractivity (Wildman–Crippen MR) is 173 cm³/mol. The second-order valence-corrected chi connectivity index (χ2v) is 12.9. The van der Waals surface area contributed by atoms with E-state index < -0.39 is 40.2 Å². The Morgan fingerprint density at radius 1 is 0.911 bits per heavy atom. The van der Waals surface area contributed by atoms with Crippen molar-refractivity contribution in [3.05, 3.63) is 125 Å². The first-order valence-corrected chi connectivity index (χ1v) is 16.1. The number of methoxy groups -OCH3 is 1. The lowest BCUT2D eigenvalue weighted by Gasteiger charge is -2.34. The third-order valence-corrected chi connectivity index (χ3v) is 9.03. The Bertz CT molecular complexity index is 1720. The monoisotopic (exact) mass is 651 g/mol. The molecule has 0 spiro atoms. The van der Waals surface area contributed by atoms with Crippen LogP contribution in [0.15, 0.2) is 108 Å². The van der Waals surface area contributed by atoms with Gasteiger partial charge in [-0.25, -0.2) is 12.8 Å². The smallest absolute Gasteiger partial charge is 0.264 e. The average molecular weight is 652 g/mol. The highest BCUT2D eigenvalue weighted by atomic mass is 35.5. The van der Waals surface area contributed by atoms with Crippen LogP contribution in [0.25, 0.3) is 0 Å². The molecule has 0 saturated heterocycles. The van der Waals surface area contributed by atoms with Gasteiger partial charge in [0.15, 0.2) is 0 Å². The fourth-order valence-electron chi connectivity index (χ4n) is 4.84. The quantitative estimate of drug-likeness (QED) is 0.196. The molecule has 236 valence electrons. The number of nitrogens with one attached hydrogen (secondary N) is 1. The predicted octanol–water partition coefficient (Wildman–Crippen LogP) is 5.85. The number of benzene rings is 4. The highest BCUT2D eigenvalue weighted by Crippen LogP contribution is 2.35. The molecule has 4 aromatic carbocycles. The Morgan fingerprint density at radius 2 is 1.53 bits per heavy atom. The van der Waals surface area contributed by atoms with Gasteiger partial charge in [-0.2, -0.15) is 0 Å². The Hall–Kier alpha value is -4.41. The zero-order valence-electron chi connectivity index (χ0n) is 25.2. The van der Waals surface area contributed by atoms with Crippen LogP contribution in [0.5, 0.6) is 5.75 Å². The van der Waals surface area contributed by atoms with Crippen molar-refractivity contribution < 1.29 is 27.1 Å². The molecule has 0 saturated carbocycles. The van der Waals surface area contributed by atoms with Crippen molar-refractivity contribution in [3.63, 3.8) is 0 Å². The molecule has 0 aliphatic rings. The lowest BCUT2D eigenvalue weighted by Crippen LogP contribution is -2.54. The van der Waals surface area contributed by atoms with Gasteiger partial charge in [-0.05, 0) is 55.8 Å². The van der Waals surface area contributed by atoms with Gasteiger partial charge in [0.2, 0.25) is 11.8 Å². The fraction of sp³-hybridized carbons (Fsp3) is 0.235. The van der Waals surface area contributed by atoms with Crippen LogP contribution in [0.4, 0.5) is 10.1 Å². The van der Waals surface area contributed by atoms with Crippen LogP contribution in [0.2, 0.25) is 5.02 Å². The van der Waals surface area contributed by atoms with Crippen LogP contribution in [0.1, 0.15) is 25.0 Å². The molecule has 0 heterocycles. The lowest BCUT2D eigenvalue weighted by molar-refractivity contribution is -0.140. The topological polar surface area (TPSA) is 96.0 Å². The number of sulfonamides is 1. The molecular formula is C34H35ClFN3O5S. The Balaban J connectivity index is 1.86. The molecule has 1 atom stereocenters. The van der Waals surface area contributed by atoms with Crippen molar-refractivity contribution in [3.8, 4) is 5.75 Å². The maximum Gasteiger partial charge on any atom is 0.264 e. The molecule has 0 radical (unpaired) electrons. The first kappa shape index (κ1) is 33.5. The second kappa shape index (κ2) is 15.0. The zero-order chi connectivity index (χ0) is 32.6. The van der Waals surface area contributed by atoms with Crippen molar-refractivity contribution >= 4 is 39.1 Å². The minimum Gasteiger partial charge on any atom is -0.495 e. The molecule has 11 heteroatoms. The molecule has 8 nitrogen and oxygen atoms in total. The molecule has 1 N–H and O–H groups in total. The van der Waals surface area contributed by atoms with Crippen LogP contribution in [0, 0.1) is 5.82 Å². The van der Waals surface area contributed by atoms with Gasteiger partial charge in [0.25, 0.3) is 10.0 Å². The third kappa shape index (κ3) is 8.40. The van der Waals surface area contributed by atoms with E-state index >= 15 is 4.39 Å². The molecule has 4 rings (SSSR count). The number of hydrogen-bond donors (Lipinski definition) is 1. The summed E-state index contributed by atoms with van der Waals surface area (Å²) in [7, 11) is -2.99. The summed E-state index contributed by atoms with van der Waals surface area (Å²) in [5.74, 6) is -1.61. The SMILES string of the molecule is COc1ccc(Cl)cc1N(CC(=O)N(Cc1ccccc1F)[C@H](Cc1ccccc1)C(=O)NC(C)C)S(=O)(=O)c1ccccc1. The number of hydrogen-bond acceptors (Lipinski definition) is 5. The van der Waals surface area contributed by atoms with Crippen LogP contribution in [-0.4, -0.2) is 50.9 Å². The summed E-state index contributed by atoms with van der Waals surface area (Å²) in [6, 6.07) is 25.8. The molecule has 0 aliphatic heterocycles. The van der Waals surface area contributed by atoms with Gasteiger partial charge in [-0.15, -0.1) is 0 Å². The van der Waals surface area contributed by atoms with Crippen molar-refractivity contribution in [2.24, 2.45) is 0 Å². The first-order valence-electron chi connectivity index (χ1n) is 14.3. The van der Waals surface area contributed by atoms with Gasteiger partial charge < -0.3 is 15.0 Å². The van der Waals surface area contributed by atoms with Gasteiger partial charge in [-0.3, -0.25) is 13.9 Å². The number of halogens is 2. The molecular weight excluding hydrogens is 617 g/mol. The second-order valence-electron chi connectivity index (χ2n) is 10.6. The number of carbonyl (C=O) groups is 2. The number of rotatable bonds is 13. The molecule has 45 heavy (non-hydrogen) atoms. The van der Waals surface area contributed by atoms with Crippen LogP contribution in [-0.2, 0) is 32.6 Å². The van der Waals surface area contributed by atoms with Gasteiger partial charge in [0.1, 0.15) is 24.2 Å². The highest BCUT2D eigenvalue weighted by Gasteiger charge is 2.36. The number of anilines is 1. The van der Waals surface area contributed by atoms with E-state index in [9.17, 15) is 18.0 Å². The van der Waals surface area contributed by atoms with Gasteiger partial charge in [0.05, 0.1) is 17.7 Å². The van der Waals surface area contributed by atoms with E-state index in [1.54, 1.807) is 38.1 Å². The molecule has 0 aromatic heterocycles. The maximum absolute atomic E-state index is 15.0. The van der Waals surface area contributed by atoms with E-state index in [4.69, 9.17) is 16.3 Å². The largest absolute Gasteiger partial charge is 0.495 e. The summed E-state index contributed by atoms with van der Waals surface area (Å²) >= 11 is 6.30. The number of ether oxygens (including phenoxy) is 1. The van der Waals surface area contributed by atoms with Crippen LogP contribution < -0.4 is 14.4 Å². The summed E-state index contributed by atoms with van der Waals surface area (Å²) < 4.78 is 49.7. The molecule has 2 amide bonds. The maximum atomic E-state index is 15.0. The number of nitrogens with zero attached hydrogens (tertiary/aromatic N) is 2. The summed E-state index contributed by atoms with van der Waals surface area (Å²) in [6.07, 6.45) is 0.103. The minimum atomic E-state index is -4.36. The average Bonchev–Trinajstić information content (AvgIpc) is 3.02. The third-order valence-electron chi connectivity index (χ3n) is 7.02. The van der Waals surface area contributed by atoms with Crippen LogP contribution in [0.3, 0.4) is 0 Å². The molecule has 0 fully saturated rings.